The number of nitro benzene ring substituents is 1. The Hall–Kier alpha value is -4.32. The zero-order valence-corrected chi connectivity index (χ0v) is 18.2. The Labute approximate surface area is 191 Å². The van der Waals surface area contributed by atoms with Crippen molar-refractivity contribution in [3.05, 3.63) is 86.9 Å². The van der Waals surface area contributed by atoms with Crippen LogP contribution in [0.15, 0.2) is 59.9 Å². The molecule has 0 fully saturated rings. The van der Waals surface area contributed by atoms with Crippen molar-refractivity contribution in [2.45, 2.75) is 13.2 Å². The van der Waals surface area contributed by atoms with Crippen molar-refractivity contribution >= 4 is 22.9 Å². The van der Waals surface area contributed by atoms with E-state index in [2.05, 4.69) is 20.4 Å². The molecule has 2 aromatic carbocycles. The summed E-state index contributed by atoms with van der Waals surface area (Å²) in [6, 6.07) is 9.79. The number of thiazole rings is 1. The molecule has 0 aliphatic heterocycles. The number of benzene rings is 2. The molecule has 0 saturated carbocycles. The number of ether oxygens (including phenoxy) is 2. The Morgan fingerprint density at radius 3 is 2.70 bits per heavy atom. The SMILES string of the molecule is COc1cc(C(=O)NCc2ccc(-n3cncn3)cc2)c([N+](=O)[O-])cc1OCc1cscn1. The van der Waals surface area contributed by atoms with Gasteiger partial charge in [0.2, 0.25) is 0 Å². The van der Waals surface area contributed by atoms with Crippen LogP contribution >= 0.6 is 11.3 Å². The number of carbonyl (C=O) groups is 1. The normalized spacial score (nSPS) is 10.6. The standard InChI is InChI=1S/C21H18N6O5S/c1-31-19-6-17(18(27(29)30)7-20(19)32-9-15-10-33-13-24-15)21(28)23-8-14-2-4-16(5-3-14)26-12-22-11-25-26/h2-7,10-13H,8-9H2,1H3,(H,23,28). The summed E-state index contributed by atoms with van der Waals surface area (Å²) in [4.78, 5) is 31.8. The van der Waals surface area contributed by atoms with Crippen molar-refractivity contribution < 1.29 is 19.2 Å². The molecule has 4 rings (SSSR count). The van der Waals surface area contributed by atoms with Crippen LogP contribution in [0.5, 0.6) is 11.5 Å². The van der Waals surface area contributed by atoms with E-state index in [0.29, 0.717) is 5.69 Å². The first-order chi connectivity index (χ1) is 16.0. The van der Waals surface area contributed by atoms with Gasteiger partial charge in [-0.3, -0.25) is 14.9 Å². The first-order valence-electron chi connectivity index (χ1n) is 9.63. The maximum atomic E-state index is 12.8. The molecule has 0 bridgehead atoms. The highest BCUT2D eigenvalue weighted by atomic mass is 32.1. The van der Waals surface area contributed by atoms with Crippen LogP contribution in [0.2, 0.25) is 0 Å². The highest BCUT2D eigenvalue weighted by Gasteiger charge is 2.25. The number of nitrogens with one attached hydrogen (secondary N) is 1. The van der Waals surface area contributed by atoms with Crippen molar-refractivity contribution in [1.29, 1.82) is 0 Å². The van der Waals surface area contributed by atoms with Crippen molar-refractivity contribution in [3.63, 3.8) is 0 Å². The third-order valence-electron chi connectivity index (χ3n) is 4.66. The van der Waals surface area contributed by atoms with Gasteiger partial charge < -0.3 is 14.8 Å². The molecule has 1 N–H and O–H groups in total. The highest BCUT2D eigenvalue weighted by Crippen LogP contribution is 2.35. The lowest BCUT2D eigenvalue weighted by Gasteiger charge is -2.12. The first kappa shape index (κ1) is 21.9. The van der Waals surface area contributed by atoms with E-state index in [0.717, 1.165) is 11.3 Å². The topological polar surface area (TPSA) is 134 Å². The maximum Gasteiger partial charge on any atom is 0.286 e. The van der Waals surface area contributed by atoms with Crippen LogP contribution in [0, 0.1) is 10.1 Å². The van der Waals surface area contributed by atoms with Crippen molar-refractivity contribution in [2.75, 3.05) is 7.11 Å². The molecule has 12 heteroatoms. The van der Waals surface area contributed by atoms with E-state index >= 15 is 0 Å². The van der Waals surface area contributed by atoms with Gasteiger partial charge in [0.25, 0.3) is 11.6 Å². The number of nitro groups is 1. The lowest BCUT2D eigenvalue weighted by Crippen LogP contribution is -2.24. The molecule has 0 spiro atoms. The average molecular weight is 466 g/mol. The van der Waals surface area contributed by atoms with E-state index in [9.17, 15) is 14.9 Å². The third-order valence-corrected chi connectivity index (χ3v) is 5.29. The molecule has 0 aliphatic carbocycles. The second-order valence-corrected chi connectivity index (χ2v) is 7.45. The summed E-state index contributed by atoms with van der Waals surface area (Å²) in [5.74, 6) is -0.248. The van der Waals surface area contributed by atoms with Gasteiger partial charge in [-0.2, -0.15) is 5.10 Å². The minimum absolute atomic E-state index is 0.118. The van der Waals surface area contributed by atoms with E-state index in [1.807, 2.05) is 24.3 Å². The van der Waals surface area contributed by atoms with Crippen molar-refractivity contribution in [2.24, 2.45) is 0 Å². The first-order valence-corrected chi connectivity index (χ1v) is 10.6. The van der Waals surface area contributed by atoms with Crippen LogP contribution in [-0.2, 0) is 13.2 Å². The number of rotatable bonds is 9. The van der Waals surface area contributed by atoms with Crippen LogP contribution < -0.4 is 14.8 Å². The zero-order chi connectivity index (χ0) is 23.2. The van der Waals surface area contributed by atoms with Gasteiger partial charge in [0.15, 0.2) is 11.5 Å². The summed E-state index contributed by atoms with van der Waals surface area (Å²) in [5, 5.41) is 20.2. The van der Waals surface area contributed by atoms with E-state index in [-0.39, 0.29) is 35.9 Å². The molecule has 11 nitrogen and oxygen atoms in total. The van der Waals surface area contributed by atoms with E-state index < -0.39 is 10.8 Å². The number of methoxy groups -OCH3 is 1. The number of hydrogen-bond acceptors (Lipinski definition) is 9. The number of carbonyl (C=O) groups excluding carboxylic acids is 1. The van der Waals surface area contributed by atoms with Gasteiger partial charge in [-0.15, -0.1) is 11.3 Å². The fourth-order valence-corrected chi connectivity index (χ4v) is 3.54. The van der Waals surface area contributed by atoms with E-state index in [4.69, 9.17) is 9.47 Å². The molecule has 2 heterocycles. The number of aromatic nitrogens is 4. The molecule has 168 valence electrons. The summed E-state index contributed by atoms with van der Waals surface area (Å²) in [7, 11) is 1.40. The molecule has 33 heavy (non-hydrogen) atoms. The van der Waals surface area contributed by atoms with Gasteiger partial charge in [-0.05, 0) is 17.7 Å². The lowest BCUT2D eigenvalue weighted by molar-refractivity contribution is -0.385. The highest BCUT2D eigenvalue weighted by molar-refractivity contribution is 7.07. The smallest absolute Gasteiger partial charge is 0.286 e. The van der Waals surface area contributed by atoms with Crippen molar-refractivity contribution in [3.8, 4) is 17.2 Å². The van der Waals surface area contributed by atoms with Gasteiger partial charge in [-0.1, -0.05) is 12.1 Å². The largest absolute Gasteiger partial charge is 0.493 e. The second-order valence-electron chi connectivity index (χ2n) is 6.73. The van der Waals surface area contributed by atoms with Gasteiger partial charge in [0.05, 0.1) is 35.0 Å². The zero-order valence-electron chi connectivity index (χ0n) is 17.4. The Morgan fingerprint density at radius 2 is 2.06 bits per heavy atom. The fraction of sp³-hybridized carbons (Fsp3) is 0.143. The molecule has 0 aliphatic rings. The van der Waals surface area contributed by atoms with E-state index in [1.165, 1.54) is 36.9 Å². The Balaban J connectivity index is 1.49. The van der Waals surface area contributed by atoms with Crippen LogP contribution in [0.25, 0.3) is 5.69 Å². The molecule has 0 unspecified atom stereocenters. The summed E-state index contributed by atoms with van der Waals surface area (Å²) in [5.41, 5.74) is 3.45. The minimum atomic E-state index is -0.628. The molecule has 2 aromatic heterocycles. The number of amides is 1. The number of nitrogens with zero attached hydrogens (tertiary/aromatic N) is 5. The molecular formula is C21H18N6O5S. The molecule has 0 radical (unpaired) electrons. The van der Waals surface area contributed by atoms with Gasteiger partial charge in [0, 0.05) is 18.0 Å². The predicted molar refractivity (Wildman–Crippen MR) is 119 cm³/mol. The minimum Gasteiger partial charge on any atom is -0.493 e. The van der Waals surface area contributed by atoms with Gasteiger partial charge >= 0.3 is 0 Å². The fourth-order valence-electron chi connectivity index (χ4n) is 3.00. The van der Waals surface area contributed by atoms with Crippen LogP contribution in [0.1, 0.15) is 21.6 Å². The van der Waals surface area contributed by atoms with Gasteiger partial charge in [0.1, 0.15) is 24.8 Å². The molecule has 0 atom stereocenters. The third kappa shape index (κ3) is 5.13. The summed E-state index contributed by atoms with van der Waals surface area (Å²) < 4.78 is 12.5. The maximum absolute atomic E-state index is 12.8. The molecule has 1 amide bonds. The Bertz CT molecular complexity index is 1240. The lowest BCUT2D eigenvalue weighted by atomic mass is 10.1. The Morgan fingerprint density at radius 1 is 1.24 bits per heavy atom. The molecular weight excluding hydrogens is 448 g/mol. The summed E-state index contributed by atoms with van der Waals surface area (Å²) in [6.45, 7) is 0.297. The Kier molecular flexibility index (Phi) is 6.55. The van der Waals surface area contributed by atoms with Crippen LogP contribution in [-0.4, -0.2) is 37.7 Å². The molecule has 4 aromatic rings. The monoisotopic (exact) mass is 466 g/mol. The summed E-state index contributed by atoms with van der Waals surface area (Å²) in [6.07, 6.45) is 3.01. The van der Waals surface area contributed by atoms with E-state index in [1.54, 1.807) is 21.9 Å². The van der Waals surface area contributed by atoms with Crippen LogP contribution in [0.4, 0.5) is 5.69 Å². The van der Waals surface area contributed by atoms with Crippen molar-refractivity contribution in [1.82, 2.24) is 25.1 Å². The molecule has 0 saturated heterocycles. The predicted octanol–water partition coefficient (Wildman–Crippen LogP) is 3.15. The summed E-state index contributed by atoms with van der Waals surface area (Å²) >= 11 is 1.41. The number of hydrogen-bond donors (Lipinski definition) is 1. The van der Waals surface area contributed by atoms with Gasteiger partial charge in [-0.25, -0.2) is 14.6 Å². The quantitative estimate of drug-likeness (QED) is 0.294. The van der Waals surface area contributed by atoms with Crippen LogP contribution in [0.3, 0.4) is 0 Å². The second kappa shape index (κ2) is 9.87. The average Bonchev–Trinajstić information content (AvgIpc) is 3.55.